The van der Waals surface area contributed by atoms with Gasteiger partial charge in [0.1, 0.15) is 5.76 Å². The van der Waals surface area contributed by atoms with Gasteiger partial charge < -0.3 is 10.1 Å². The number of nitrogens with zero attached hydrogens (tertiary/aromatic N) is 2. The second-order valence-electron chi connectivity index (χ2n) is 2.54. The summed E-state index contributed by atoms with van der Waals surface area (Å²) in [5.74, 6) is 2.24. The third kappa shape index (κ3) is 3.29. The zero-order valence-corrected chi connectivity index (χ0v) is 11.9. The molecule has 0 aromatic heterocycles. The monoisotopic (exact) mass is 280 g/mol. The van der Waals surface area contributed by atoms with E-state index in [1.807, 2.05) is 5.87 Å². The number of rotatable bonds is 2. The van der Waals surface area contributed by atoms with Crippen LogP contribution in [0.25, 0.3) is 5.41 Å². The van der Waals surface area contributed by atoms with Gasteiger partial charge in [0.05, 0.1) is 22.9 Å². The number of hydrogen-bond acceptors (Lipinski definition) is 3. The molecule has 0 saturated heterocycles. The van der Waals surface area contributed by atoms with Crippen molar-refractivity contribution in [2.45, 2.75) is 6.42 Å². The number of methoxy groups -OCH3 is 1. The minimum Gasteiger partial charge on any atom is -0.763 e. The summed E-state index contributed by atoms with van der Waals surface area (Å²) in [6, 6.07) is 0. The molecule has 0 N–H and O–H groups in total. The fraction of sp³-hybridized carbons (Fsp3) is 0.250. The number of nitro groups is 1. The topological polar surface area (TPSA) is 74.7 Å². The molecule has 0 aromatic rings. The number of halogens is 1. The molecule has 0 radical (unpaired) electrons. The van der Waals surface area contributed by atoms with Gasteiger partial charge in [0, 0.05) is 11.6 Å². The standard InChI is InChI=1S/C8H6BrN2O3.Na/c1-14-8-5(4-10)2-6(11(12)13)3-7(8)9;/h3H,2H2,1H3;/q-1;+1. The van der Waals surface area contributed by atoms with E-state index in [4.69, 9.17) is 10.1 Å². The van der Waals surface area contributed by atoms with Crippen molar-refractivity contribution in [3.8, 4) is 0 Å². The van der Waals surface area contributed by atoms with Crippen LogP contribution < -0.4 is 29.6 Å². The van der Waals surface area contributed by atoms with Crippen LogP contribution >= 0.6 is 15.9 Å². The maximum Gasteiger partial charge on any atom is 1.00 e. The van der Waals surface area contributed by atoms with Gasteiger partial charge in [0.2, 0.25) is 0 Å². The minimum absolute atomic E-state index is 0. The van der Waals surface area contributed by atoms with Gasteiger partial charge in [0.15, 0.2) is 0 Å². The van der Waals surface area contributed by atoms with E-state index < -0.39 is 4.92 Å². The molecule has 0 amide bonds. The molecule has 0 saturated carbocycles. The average Bonchev–Trinajstić information content (AvgIpc) is 2.16. The molecule has 15 heavy (non-hydrogen) atoms. The molecular formula is C8H6BrN2NaO3. The molecule has 5 nitrogen and oxygen atoms in total. The minimum atomic E-state index is -0.509. The van der Waals surface area contributed by atoms with Crippen LogP contribution in [0.5, 0.6) is 0 Å². The molecule has 0 unspecified atom stereocenters. The maximum absolute atomic E-state index is 10.5. The first-order chi connectivity index (χ1) is 6.60. The van der Waals surface area contributed by atoms with Gasteiger partial charge in [-0.15, -0.1) is 0 Å². The van der Waals surface area contributed by atoms with E-state index in [0.29, 0.717) is 10.2 Å². The molecular weight excluding hydrogens is 275 g/mol. The van der Waals surface area contributed by atoms with E-state index in [1.54, 1.807) is 0 Å². The molecule has 0 fully saturated rings. The first kappa shape index (κ1) is 14.6. The van der Waals surface area contributed by atoms with Crippen LogP contribution in [0.3, 0.4) is 0 Å². The molecule has 0 atom stereocenters. The molecule has 74 valence electrons. The quantitative estimate of drug-likeness (QED) is 0.281. The maximum atomic E-state index is 10.5. The molecule has 0 bridgehead atoms. The van der Waals surface area contributed by atoms with Crippen molar-refractivity contribution in [2.75, 3.05) is 7.11 Å². The molecule has 0 aliphatic heterocycles. The van der Waals surface area contributed by atoms with E-state index in [1.165, 1.54) is 13.2 Å². The summed E-state index contributed by atoms with van der Waals surface area (Å²) in [4.78, 5) is 9.98. The van der Waals surface area contributed by atoms with Crippen molar-refractivity contribution in [2.24, 2.45) is 0 Å². The molecule has 1 rings (SSSR count). The molecule has 7 heteroatoms. The summed E-state index contributed by atoms with van der Waals surface area (Å²) in [7, 11) is 1.42. The van der Waals surface area contributed by atoms with Crippen LogP contribution in [0, 0.1) is 10.1 Å². The third-order valence-electron chi connectivity index (χ3n) is 1.72. The van der Waals surface area contributed by atoms with E-state index in [-0.39, 0.29) is 47.2 Å². The Morgan fingerprint density at radius 3 is 2.73 bits per heavy atom. The predicted octanol–water partition coefficient (Wildman–Crippen LogP) is -1.03. The first-order valence-corrected chi connectivity index (χ1v) is 4.44. The van der Waals surface area contributed by atoms with Crippen LogP contribution in [0.15, 0.2) is 27.6 Å². The smallest absolute Gasteiger partial charge is 0.763 e. The first-order valence-electron chi connectivity index (χ1n) is 3.65. The van der Waals surface area contributed by atoms with Crippen LogP contribution in [-0.2, 0) is 4.74 Å². The Morgan fingerprint density at radius 2 is 2.33 bits per heavy atom. The fourth-order valence-electron chi connectivity index (χ4n) is 1.10. The summed E-state index contributed by atoms with van der Waals surface area (Å²) in [5.41, 5.74) is 0.239. The Morgan fingerprint density at radius 1 is 1.73 bits per heavy atom. The number of hydrogen-bond donors (Lipinski definition) is 0. The van der Waals surface area contributed by atoms with Gasteiger partial charge in [-0.2, -0.15) is 0 Å². The third-order valence-corrected chi connectivity index (χ3v) is 2.30. The average molecular weight is 281 g/mol. The Labute approximate surface area is 117 Å². The Balaban J connectivity index is 0.00000196. The normalized spacial score (nSPS) is 15.1. The van der Waals surface area contributed by atoms with Crippen LogP contribution in [-0.4, -0.2) is 17.9 Å². The van der Waals surface area contributed by atoms with E-state index in [0.717, 1.165) is 0 Å². The number of allylic oxidation sites excluding steroid dienone is 4. The summed E-state index contributed by atoms with van der Waals surface area (Å²) < 4.78 is 5.37. The van der Waals surface area contributed by atoms with Crippen molar-refractivity contribution in [3.63, 3.8) is 0 Å². The summed E-state index contributed by atoms with van der Waals surface area (Å²) in [5, 5.41) is 19.2. The number of ether oxygens (including phenoxy) is 1. The summed E-state index contributed by atoms with van der Waals surface area (Å²) in [6.07, 6.45) is 1.35. The van der Waals surface area contributed by atoms with Crippen molar-refractivity contribution in [3.05, 3.63) is 43.1 Å². The molecule has 0 spiro atoms. The Bertz CT molecular complexity index is 397. The molecule has 0 aromatic carbocycles. The van der Waals surface area contributed by atoms with Crippen molar-refractivity contribution >= 4 is 21.8 Å². The van der Waals surface area contributed by atoms with E-state index in [2.05, 4.69) is 15.9 Å². The van der Waals surface area contributed by atoms with Crippen molar-refractivity contribution in [1.29, 1.82) is 0 Å². The van der Waals surface area contributed by atoms with Gasteiger partial charge in [-0.3, -0.25) is 16.0 Å². The zero-order chi connectivity index (χ0) is 10.7. The van der Waals surface area contributed by atoms with Crippen molar-refractivity contribution in [1.82, 2.24) is 0 Å². The molecule has 0 heterocycles. The summed E-state index contributed by atoms with van der Waals surface area (Å²) in [6.45, 7) is 0. The Kier molecular flexibility index (Phi) is 6.09. The largest absolute Gasteiger partial charge is 1.00 e. The van der Waals surface area contributed by atoms with Crippen LogP contribution in [0.2, 0.25) is 0 Å². The summed E-state index contributed by atoms with van der Waals surface area (Å²) >= 11 is 3.11. The predicted molar refractivity (Wildman–Crippen MR) is 54.5 cm³/mol. The van der Waals surface area contributed by atoms with Crippen LogP contribution in [0.4, 0.5) is 0 Å². The van der Waals surface area contributed by atoms with Gasteiger partial charge in [-0.1, -0.05) is 0 Å². The van der Waals surface area contributed by atoms with Crippen LogP contribution in [0.1, 0.15) is 6.42 Å². The second kappa shape index (κ2) is 6.25. The molecule has 1 aliphatic carbocycles. The van der Waals surface area contributed by atoms with E-state index >= 15 is 0 Å². The zero-order valence-electron chi connectivity index (χ0n) is 8.28. The second-order valence-corrected chi connectivity index (χ2v) is 3.40. The Hall–Kier alpha value is -0.390. The van der Waals surface area contributed by atoms with E-state index in [9.17, 15) is 10.1 Å². The van der Waals surface area contributed by atoms with Gasteiger partial charge in [-0.25, -0.2) is 0 Å². The van der Waals surface area contributed by atoms with Gasteiger partial charge in [0.25, 0.3) is 5.70 Å². The van der Waals surface area contributed by atoms with Gasteiger partial charge in [-0.05, 0) is 15.9 Å². The van der Waals surface area contributed by atoms with Gasteiger partial charge >= 0.3 is 29.6 Å². The SMILES string of the molecule is COC1=C(Br)C=C([N+](=O)[O-])CC1=C=[N-].[Na+]. The van der Waals surface area contributed by atoms with Crippen molar-refractivity contribution < 1.29 is 39.2 Å². The fourth-order valence-corrected chi connectivity index (χ4v) is 1.76. The molecule has 1 aliphatic rings.